The van der Waals surface area contributed by atoms with E-state index in [0.717, 1.165) is 5.39 Å². The third-order valence-electron chi connectivity index (χ3n) is 5.87. The van der Waals surface area contributed by atoms with Crippen LogP contribution in [-0.4, -0.2) is 41.2 Å². The summed E-state index contributed by atoms with van der Waals surface area (Å²) in [7, 11) is 0. The molecule has 5 rings (SSSR count). The zero-order chi connectivity index (χ0) is 22.1. The summed E-state index contributed by atoms with van der Waals surface area (Å²) in [5.41, 5.74) is 1.99. The van der Waals surface area contributed by atoms with Crippen LogP contribution in [-0.2, 0) is 6.54 Å². The number of nitrogens with zero attached hydrogens (tertiary/aromatic N) is 3. The molecule has 1 aliphatic rings. The van der Waals surface area contributed by atoms with E-state index in [1.165, 1.54) is 6.07 Å². The van der Waals surface area contributed by atoms with Gasteiger partial charge in [-0.15, -0.1) is 0 Å². The molecule has 0 bridgehead atoms. The van der Waals surface area contributed by atoms with E-state index in [1.807, 2.05) is 17.0 Å². The molecular formula is C25H22FN3O3. The summed E-state index contributed by atoms with van der Waals surface area (Å²) in [6, 6.07) is 17.2. The van der Waals surface area contributed by atoms with Crippen LogP contribution in [0.15, 0.2) is 76.1 Å². The normalized spacial score (nSPS) is 14.7. The first-order valence-electron chi connectivity index (χ1n) is 10.5. The number of phenolic OH excluding ortho intramolecular Hbond substituents is 1. The van der Waals surface area contributed by atoms with Gasteiger partial charge in [-0.25, -0.2) is 9.18 Å². The van der Waals surface area contributed by atoms with E-state index < -0.39 is 5.63 Å². The molecule has 0 unspecified atom stereocenters. The molecule has 1 fully saturated rings. The Hall–Kier alpha value is -3.71. The van der Waals surface area contributed by atoms with Gasteiger partial charge in [-0.2, -0.15) is 0 Å². The molecule has 1 aliphatic heterocycles. The molecule has 0 atom stereocenters. The van der Waals surface area contributed by atoms with Gasteiger partial charge in [0.25, 0.3) is 0 Å². The van der Waals surface area contributed by atoms with Crippen LogP contribution >= 0.6 is 0 Å². The number of para-hydroxylation sites is 1. The summed E-state index contributed by atoms with van der Waals surface area (Å²) >= 11 is 0. The molecule has 0 amide bonds. The summed E-state index contributed by atoms with van der Waals surface area (Å²) < 4.78 is 19.8. The van der Waals surface area contributed by atoms with Crippen molar-refractivity contribution in [1.82, 2.24) is 9.88 Å². The van der Waals surface area contributed by atoms with Gasteiger partial charge in [0.05, 0.1) is 22.5 Å². The molecule has 7 heteroatoms. The number of anilines is 1. The van der Waals surface area contributed by atoms with Crippen LogP contribution < -0.4 is 10.5 Å². The van der Waals surface area contributed by atoms with Gasteiger partial charge < -0.3 is 14.4 Å². The topological polar surface area (TPSA) is 69.8 Å². The standard InChI is InChI=1S/C25H22FN3O3/c26-20-5-1-2-7-22(20)29-13-11-28(12-14-29)16-19-23(30)9-8-17-15-18(25(31)32-24(17)19)21-6-3-4-10-27-21/h1-10,15,30H,11-14,16H2. The van der Waals surface area contributed by atoms with Crippen LogP contribution in [0.25, 0.3) is 22.2 Å². The predicted molar refractivity (Wildman–Crippen MR) is 121 cm³/mol. The summed E-state index contributed by atoms with van der Waals surface area (Å²) in [6.45, 7) is 3.15. The Bertz CT molecular complexity index is 1320. The maximum atomic E-state index is 14.1. The molecule has 32 heavy (non-hydrogen) atoms. The molecular weight excluding hydrogens is 409 g/mol. The van der Waals surface area contributed by atoms with Crippen molar-refractivity contribution in [2.75, 3.05) is 31.1 Å². The maximum absolute atomic E-state index is 14.1. The lowest BCUT2D eigenvalue weighted by Crippen LogP contribution is -2.46. The largest absolute Gasteiger partial charge is 0.507 e. The fraction of sp³-hybridized carbons (Fsp3) is 0.200. The second kappa shape index (κ2) is 8.43. The first kappa shape index (κ1) is 20.2. The van der Waals surface area contributed by atoms with Gasteiger partial charge >= 0.3 is 5.63 Å². The van der Waals surface area contributed by atoms with Crippen molar-refractivity contribution in [3.05, 3.63) is 88.7 Å². The Morgan fingerprint density at radius 3 is 2.53 bits per heavy atom. The minimum absolute atomic E-state index is 0.0859. The number of aromatic nitrogens is 1. The SMILES string of the molecule is O=c1oc2c(CN3CCN(c4ccccc4F)CC3)c(O)ccc2cc1-c1ccccn1. The highest BCUT2D eigenvalue weighted by atomic mass is 19.1. The molecule has 0 aliphatic carbocycles. The van der Waals surface area contributed by atoms with Crippen LogP contribution in [0.3, 0.4) is 0 Å². The number of hydrogen-bond donors (Lipinski definition) is 1. The molecule has 0 radical (unpaired) electrons. The predicted octanol–water partition coefficient (Wildman–Crippen LogP) is 4.02. The van der Waals surface area contributed by atoms with Crippen molar-refractivity contribution < 1.29 is 13.9 Å². The van der Waals surface area contributed by atoms with Crippen LogP contribution in [0.5, 0.6) is 5.75 Å². The van der Waals surface area contributed by atoms with E-state index in [1.54, 1.807) is 48.7 Å². The molecule has 0 spiro atoms. The number of rotatable bonds is 4. The number of halogens is 1. The zero-order valence-corrected chi connectivity index (χ0v) is 17.4. The van der Waals surface area contributed by atoms with Gasteiger partial charge in [0.15, 0.2) is 0 Å². The maximum Gasteiger partial charge on any atom is 0.345 e. The molecule has 3 heterocycles. The van der Waals surface area contributed by atoms with Crippen LogP contribution in [0, 0.1) is 5.82 Å². The number of fused-ring (bicyclic) bond motifs is 1. The van der Waals surface area contributed by atoms with Gasteiger partial charge in [-0.05, 0) is 42.5 Å². The monoisotopic (exact) mass is 431 g/mol. The van der Waals surface area contributed by atoms with Crippen molar-refractivity contribution >= 4 is 16.7 Å². The number of aromatic hydroxyl groups is 1. The van der Waals surface area contributed by atoms with Crippen molar-refractivity contribution in [1.29, 1.82) is 0 Å². The average Bonchev–Trinajstić information content (AvgIpc) is 2.82. The van der Waals surface area contributed by atoms with Crippen LogP contribution in [0.2, 0.25) is 0 Å². The van der Waals surface area contributed by atoms with E-state index in [0.29, 0.717) is 60.8 Å². The second-order valence-corrected chi connectivity index (χ2v) is 7.86. The van der Waals surface area contributed by atoms with Gasteiger partial charge in [0.2, 0.25) is 0 Å². The van der Waals surface area contributed by atoms with Crippen molar-refractivity contribution in [2.24, 2.45) is 0 Å². The lowest BCUT2D eigenvalue weighted by molar-refractivity contribution is 0.246. The Morgan fingerprint density at radius 2 is 1.78 bits per heavy atom. The van der Waals surface area contributed by atoms with Crippen LogP contribution in [0.4, 0.5) is 10.1 Å². The van der Waals surface area contributed by atoms with Crippen molar-refractivity contribution in [3.8, 4) is 17.0 Å². The highest BCUT2D eigenvalue weighted by Gasteiger charge is 2.22. The number of piperazine rings is 1. The molecule has 4 aromatic rings. The number of pyridine rings is 1. The summed E-state index contributed by atoms with van der Waals surface area (Å²) in [5, 5.41) is 11.2. The summed E-state index contributed by atoms with van der Waals surface area (Å²) in [6.07, 6.45) is 1.63. The molecule has 1 saturated heterocycles. The molecule has 0 saturated carbocycles. The summed E-state index contributed by atoms with van der Waals surface area (Å²) in [4.78, 5) is 21.1. The van der Waals surface area contributed by atoms with E-state index >= 15 is 0 Å². The Labute approximate surface area is 184 Å². The van der Waals surface area contributed by atoms with Gasteiger partial charge in [0, 0.05) is 44.3 Å². The third kappa shape index (κ3) is 3.83. The minimum atomic E-state index is -0.493. The second-order valence-electron chi connectivity index (χ2n) is 7.86. The fourth-order valence-electron chi connectivity index (χ4n) is 4.16. The quantitative estimate of drug-likeness (QED) is 0.492. The first-order valence-corrected chi connectivity index (χ1v) is 10.5. The van der Waals surface area contributed by atoms with E-state index in [2.05, 4.69) is 9.88 Å². The first-order chi connectivity index (χ1) is 15.6. The lowest BCUT2D eigenvalue weighted by Gasteiger charge is -2.36. The Balaban J connectivity index is 1.40. The molecule has 1 N–H and O–H groups in total. The highest BCUT2D eigenvalue weighted by molar-refractivity contribution is 5.85. The molecule has 6 nitrogen and oxygen atoms in total. The number of hydrogen-bond acceptors (Lipinski definition) is 6. The van der Waals surface area contributed by atoms with Crippen molar-refractivity contribution in [3.63, 3.8) is 0 Å². The Kier molecular flexibility index (Phi) is 5.33. The number of benzene rings is 2. The third-order valence-corrected chi connectivity index (χ3v) is 5.87. The van der Waals surface area contributed by atoms with Crippen molar-refractivity contribution in [2.45, 2.75) is 6.54 Å². The van der Waals surface area contributed by atoms with E-state index in [9.17, 15) is 14.3 Å². The fourth-order valence-corrected chi connectivity index (χ4v) is 4.16. The smallest absolute Gasteiger partial charge is 0.345 e. The molecule has 162 valence electrons. The highest BCUT2D eigenvalue weighted by Crippen LogP contribution is 2.30. The average molecular weight is 431 g/mol. The summed E-state index contributed by atoms with van der Waals surface area (Å²) in [5.74, 6) is -0.138. The minimum Gasteiger partial charge on any atom is -0.507 e. The number of phenols is 1. The molecule has 2 aromatic heterocycles. The van der Waals surface area contributed by atoms with Gasteiger partial charge in [-0.1, -0.05) is 18.2 Å². The van der Waals surface area contributed by atoms with Gasteiger partial charge in [0.1, 0.15) is 17.1 Å². The van der Waals surface area contributed by atoms with Gasteiger partial charge in [-0.3, -0.25) is 9.88 Å². The van der Waals surface area contributed by atoms with E-state index in [-0.39, 0.29) is 11.6 Å². The Morgan fingerprint density at radius 1 is 1.00 bits per heavy atom. The lowest BCUT2D eigenvalue weighted by atomic mass is 10.1. The van der Waals surface area contributed by atoms with E-state index in [4.69, 9.17) is 4.42 Å². The van der Waals surface area contributed by atoms with Crippen LogP contribution in [0.1, 0.15) is 5.56 Å². The molecule has 2 aromatic carbocycles. The zero-order valence-electron chi connectivity index (χ0n) is 17.4.